The van der Waals surface area contributed by atoms with E-state index >= 15 is 0 Å². The van der Waals surface area contributed by atoms with E-state index in [1.165, 1.54) is 32.1 Å². The molecule has 0 radical (unpaired) electrons. The maximum Gasteiger partial charge on any atom is 0.309 e. The van der Waals surface area contributed by atoms with Gasteiger partial charge in [0.15, 0.2) is 0 Å². The van der Waals surface area contributed by atoms with Crippen LogP contribution < -0.4 is 0 Å². The van der Waals surface area contributed by atoms with E-state index in [0.29, 0.717) is 49.2 Å². The highest BCUT2D eigenvalue weighted by Crippen LogP contribution is 2.33. The van der Waals surface area contributed by atoms with Gasteiger partial charge in [0.25, 0.3) is 0 Å². The zero-order valence-corrected chi connectivity index (χ0v) is 21.9. The van der Waals surface area contributed by atoms with Crippen LogP contribution >= 0.6 is 0 Å². The number of carbonyl (C=O) groups is 2. The summed E-state index contributed by atoms with van der Waals surface area (Å²) >= 11 is 0. The first-order chi connectivity index (χ1) is 14.6. The molecule has 4 heteroatoms. The van der Waals surface area contributed by atoms with Crippen LogP contribution in [0.1, 0.15) is 113 Å². The van der Waals surface area contributed by atoms with Gasteiger partial charge in [0.1, 0.15) is 0 Å². The number of ether oxygens (including phenoxy) is 2. The summed E-state index contributed by atoms with van der Waals surface area (Å²) in [5.74, 6) is 1.88. The molecule has 0 aromatic carbocycles. The van der Waals surface area contributed by atoms with Gasteiger partial charge in [-0.3, -0.25) is 9.59 Å². The van der Waals surface area contributed by atoms with Gasteiger partial charge in [-0.1, -0.05) is 93.9 Å². The van der Waals surface area contributed by atoms with Crippen LogP contribution in [0.3, 0.4) is 0 Å². The predicted octanol–water partition coefficient (Wildman–Crippen LogP) is 7.44. The molecule has 184 valence electrons. The lowest BCUT2D eigenvalue weighted by Crippen LogP contribution is -2.34. The lowest BCUT2D eigenvalue weighted by atomic mass is 9.74. The number of unbranched alkanes of at least 4 members (excludes halogenated alkanes) is 6. The van der Waals surface area contributed by atoms with Gasteiger partial charge in [0.05, 0.1) is 19.1 Å². The van der Waals surface area contributed by atoms with Crippen LogP contribution in [-0.4, -0.2) is 25.2 Å². The van der Waals surface area contributed by atoms with E-state index in [1.54, 1.807) is 0 Å². The summed E-state index contributed by atoms with van der Waals surface area (Å²) in [6.45, 7) is 18.1. The van der Waals surface area contributed by atoms with E-state index in [-0.39, 0.29) is 17.9 Å². The lowest BCUT2D eigenvalue weighted by Gasteiger charge is -2.31. The highest BCUT2D eigenvalue weighted by Gasteiger charge is 2.33. The van der Waals surface area contributed by atoms with Crippen molar-refractivity contribution in [1.82, 2.24) is 0 Å². The fourth-order valence-corrected chi connectivity index (χ4v) is 4.08. The monoisotopic (exact) mass is 440 g/mol. The van der Waals surface area contributed by atoms with Gasteiger partial charge < -0.3 is 9.47 Å². The van der Waals surface area contributed by atoms with Gasteiger partial charge in [-0.2, -0.15) is 0 Å². The predicted molar refractivity (Wildman–Crippen MR) is 130 cm³/mol. The molecule has 0 aliphatic rings. The van der Waals surface area contributed by atoms with Gasteiger partial charge in [0.2, 0.25) is 0 Å². The summed E-state index contributed by atoms with van der Waals surface area (Å²) in [5.41, 5.74) is 0. The standard InChI is InChI=1S/C27H52O4/c1-20(2)18-30-25(28)17-15-13-11-9-10-12-14-16-24(22(5)6)26(23(7)8)27(29)31-19-21(3)4/h20-24,26H,9-19H2,1-8H3. The molecule has 2 unspecified atom stereocenters. The summed E-state index contributed by atoms with van der Waals surface area (Å²) in [6.07, 6.45) is 9.69. The number of rotatable bonds is 18. The molecule has 31 heavy (non-hydrogen) atoms. The van der Waals surface area contributed by atoms with E-state index < -0.39 is 0 Å². The second-order valence-corrected chi connectivity index (χ2v) is 10.8. The SMILES string of the molecule is CC(C)COC(=O)CCCCCCCCCC(C(C)C)C(C(=O)OCC(C)C)C(C)C. The third-order valence-corrected chi connectivity index (χ3v) is 5.86. The number of hydrogen-bond acceptors (Lipinski definition) is 4. The van der Waals surface area contributed by atoms with Gasteiger partial charge in [-0.15, -0.1) is 0 Å². The van der Waals surface area contributed by atoms with Crippen molar-refractivity contribution < 1.29 is 19.1 Å². The normalized spacial score (nSPS) is 13.8. The van der Waals surface area contributed by atoms with Crippen LogP contribution in [0.4, 0.5) is 0 Å². The van der Waals surface area contributed by atoms with E-state index in [4.69, 9.17) is 9.47 Å². The molecule has 0 rings (SSSR count). The fourth-order valence-electron chi connectivity index (χ4n) is 4.08. The average molecular weight is 441 g/mol. The van der Waals surface area contributed by atoms with Crippen molar-refractivity contribution in [2.45, 2.75) is 113 Å². The van der Waals surface area contributed by atoms with Crippen molar-refractivity contribution in [2.75, 3.05) is 13.2 Å². The Morgan fingerprint density at radius 1 is 0.613 bits per heavy atom. The zero-order chi connectivity index (χ0) is 23.8. The van der Waals surface area contributed by atoms with Gasteiger partial charge in [-0.05, 0) is 42.4 Å². The average Bonchev–Trinajstić information content (AvgIpc) is 2.67. The first-order valence-corrected chi connectivity index (χ1v) is 12.9. The first-order valence-electron chi connectivity index (χ1n) is 12.9. The molecule has 0 saturated heterocycles. The van der Waals surface area contributed by atoms with Crippen LogP contribution in [-0.2, 0) is 19.1 Å². The Morgan fingerprint density at radius 2 is 1.10 bits per heavy atom. The largest absolute Gasteiger partial charge is 0.465 e. The topological polar surface area (TPSA) is 52.6 Å². The Kier molecular flexibility index (Phi) is 16.9. The van der Waals surface area contributed by atoms with Crippen molar-refractivity contribution >= 4 is 11.9 Å². The molecule has 0 aromatic rings. The molecule has 0 saturated carbocycles. The van der Waals surface area contributed by atoms with E-state index in [9.17, 15) is 9.59 Å². The van der Waals surface area contributed by atoms with Gasteiger partial charge >= 0.3 is 11.9 Å². The molecule has 4 nitrogen and oxygen atoms in total. The van der Waals surface area contributed by atoms with Crippen LogP contribution in [0.5, 0.6) is 0 Å². The molecular weight excluding hydrogens is 388 g/mol. The zero-order valence-electron chi connectivity index (χ0n) is 21.9. The Balaban J connectivity index is 4.12. The number of carbonyl (C=O) groups excluding carboxylic acids is 2. The molecule has 0 aliphatic heterocycles. The third-order valence-electron chi connectivity index (χ3n) is 5.86. The lowest BCUT2D eigenvalue weighted by molar-refractivity contribution is -0.154. The molecule has 0 spiro atoms. The molecule has 0 heterocycles. The summed E-state index contributed by atoms with van der Waals surface area (Å²) in [5, 5.41) is 0. The Bertz CT molecular complexity index is 468. The second kappa shape index (κ2) is 17.5. The summed E-state index contributed by atoms with van der Waals surface area (Å²) in [4.78, 5) is 24.3. The fraction of sp³-hybridized carbons (Fsp3) is 0.926. The number of hydrogen-bond donors (Lipinski definition) is 0. The van der Waals surface area contributed by atoms with Crippen molar-refractivity contribution in [3.05, 3.63) is 0 Å². The molecule has 0 aliphatic carbocycles. The third kappa shape index (κ3) is 15.4. The minimum atomic E-state index is -0.0555. The maximum absolute atomic E-state index is 12.7. The summed E-state index contributed by atoms with van der Waals surface area (Å²) in [7, 11) is 0. The van der Waals surface area contributed by atoms with Crippen LogP contribution in [0, 0.1) is 35.5 Å². The second-order valence-electron chi connectivity index (χ2n) is 10.8. The van der Waals surface area contributed by atoms with Gasteiger partial charge in [0, 0.05) is 6.42 Å². The molecule has 0 amide bonds. The summed E-state index contributed by atoms with van der Waals surface area (Å²) < 4.78 is 10.8. The Hall–Kier alpha value is -1.06. The first kappa shape index (κ1) is 29.9. The summed E-state index contributed by atoms with van der Waals surface area (Å²) in [6, 6.07) is 0. The van der Waals surface area contributed by atoms with Crippen molar-refractivity contribution in [2.24, 2.45) is 35.5 Å². The quantitative estimate of drug-likeness (QED) is 0.164. The van der Waals surface area contributed by atoms with E-state index in [0.717, 1.165) is 19.3 Å². The van der Waals surface area contributed by atoms with Crippen molar-refractivity contribution in [1.29, 1.82) is 0 Å². The molecule has 0 fully saturated rings. The highest BCUT2D eigenvalue weighted by molar-refractivity contribution is 5.73. The number of esters is 2. The highest BCUT2D eigenvalue weighted by atomic mass is 16.5. The molecule has 0 aromatic heterocycles. The molecular formula is C27H52O4. The van der Waals surface area contributed by atoms with E-state index in [2.05, 4.69) is 55.4 Å². The molecule has 2 atom stereocenters. The van der Waals surface area contributed by atoms with Gasteiger partial charge in [-0.25, -0.2) is 0 Å². The Labute approximate surface area is 193 Å². The minimum absolute atomic E-state index is 0.00526. The van der Waals surface area contributed by atoms with Crippen molar-refractivity contribution in [3.63, 3.8) is 0 Å². The van der Waals surface area contributed by atoms with Crippen molar-refractivity contribution in [3.8, 4) is 0 Å². The maximum atomic E-state index is 12.7. The van der Waals surface area contributed by atoms with Crippen LogP contribution in [0.25, 0.3) is 0 Å². The minimum Gasteiger partial charge on any atom is -0.465 e. The van der Waals surface area contributed by atoms with Crippen LogP contribution in [0.2, 0.25) is 0 Å². The Morgan fingerprint density at radius 3 is 1.58 bits per heavy atom. The van der Waals surface area contributed by atoms with Crippen LogP contribution in [0.15, 0.2) is 0 Å². The van der Waals surface area contributed by atoms with E-state index in [1.807, 2.05) is 0 Å². The molecule has 0 bridgehead atoms. The smallest absolute Gasteiger partial charge is 0.309 e. The molecule has 0 N–H and O–H groups in total.